The standard InChI is InChI=1S/C18H24ClN5/c1-4-23-7-9-24(10-8-23)18-12-17(20-14(3)21-18)22-15-6-5-13(2)16(19)11-15/h5-6,11-12H,4,7-10H2,1-3H3,(H,20,21,22). The topological polar surface area (TPSA) is 44.3 Å². The highest BCUT2D eigenvalue weighted by Crippen LogP contribution is 2.24. The second kappa shape index (κ2) is 7.36. The molecule has 6 heteroatoms. The molecule has 5 nitrogen and oxygen atoms in total. The van der Waals surface area contributed by atoms with Crippen molar-refractivity contribution in [3.05, 3.63) is 40.7 Å². The molecule has 0 aliphatic carbocycles. The summed E-state index contributed by atoms with van der Waals surface area (Å²) >= 11 is 6.21. The molecule has 2 aromatic rings. The molecule has 0 amide bonds. The third-order valence-electron chi connectivity index (χ3n) is 4.41. The summed E-state index contributed by atoms with van der Waals surface area (Å²) < 4.78 is 0. The first-order chi connectivity index (χ1) is 11.5. The lowest BCUT2D eigenvalue weighted by atomic mass is 10.2. The Hall–Kier alpha value is -1.85. The van der Waals surface area contributed by atoms with Crippen LogP contribution in [0.5, 0.6) is 0 Å². The van der Waals surface area contributed by atoms with Crippen molar-refractivity contribution in [1.82, 2.24) is 14.9 Å². The van der Waals surface area contributed by atoms with E-state index in [4.69, 9.17) is 11.6 Å². The zero-order chi connectivity index (χ0) is 17.1. The zero-order valence-corrected chi connectivity index (χ0v) is 15.3. The number of benzene rings is 1. The zero-order valence-electron chi connectivity index (χ0n) is 14.5. The molecule has 0 bridgehead atoms. The highest BCUT2D eigenvalue weighted by atomic mass is 35.5. The van der Waals surface area contributed by atoms with E-state index in [-0.39, 0.29) is 0 Å². The SMILES string of the molecule is CCN1CCN(c2cc(Nc3ccc(C)c(Cl)c3)nc(C)n2)CC1. The van der Waals surface area contributed by atoms with E-state index in [0.29, 0.717) is 0 Å². The van der Waals surface area contributed by atoms with E-state index in [1.54, 1.807) is 0 Å². The lowest BCUT2D eigenvalue weighted by molar-refractivity contribution is 0.270. The van der Waals surface area contributed by atoms with Crippen molar-refractivity contribution in [2.45, 2.75) is 20.8 Å². The normalized spacial score (nSPS) is 15.6. The fourth-order valence-electron chi connectivity index (χ4n) is 2.89. The number of aromatic nitrogens is 2. The summed E-state index contributed by atoms with van der Waals surface area (Å²) in [7, 11) is 0. The Morgan fingerprint density at radius 2 is 1.83 bits per heavy atom. The minimum atomic E-state index is 0.752. The quantitative estimate of drug-likeness (QED) is 0.916. The highest BCUT2D eigenvalue weighted by molar-refractivity contribution is 6.31. The van der Waals surface area contributed by atoms with Crippen molar-refractivity contribution in [1.29, 1.82) is 0 Å². The number of nitrogens with zero attached hydrogens (tertiary/aromatic N) is 4. The Balaban J connectivity index is 1.77. The van der Waals surface area contributed by atoms with Crippen LogP contribution in [0.15, 0.2) is 24.3 Å². The molecule has 128 valence electrons. The highest BCUT2D eigenvalue weighted by Gasteiger charge is 2.17. The molecular formula is C18H24ClN5. The number of likely N-dealkylation sites (N-methyl/N-ethyl adjacent to an activating group) is 1. The van der Waals surface area contributed by atoms with Crippen molar-refractivity contribution in [3.8, 4) is 0 Å². The van der Waals surface area contributed by atoms with Gasteiger partial charge in [-0.1, -0.05) is 24.6 Å². The van der Waals surface area contributed by atoms with Gasteiger partial charge in [-0.15, -0.1) is 0 Å². The van der Waals surface area contributed by atoms with Gasteiger partial charge in [0.05, 0.1) is 0 Å². The van der Waals surface area contributed by atoms with Crippen LogP contribution in [0, 0.1) is 13.8 Å². The minimum absolute atomic E-state index is 0.752. The van der Waals surface area contributed by atoms with Gasteiger partial charge in [0.1, 0.15) is 17.5 Å². The number of hydrogen-bond acceptors (Lipinski definition) is 5. The van der Waals surface area contributed by atoms with Gasteiger partial charge in [-0.2, -0.15) is 0 Å². The van der Waals surface area contributed by atoms with Crippen LogP contribution in [0.2, 0.25) is 5.02 Å². The maximum atomic E-state index is 6.21. The summed E-state index contributed by atoms with van der Waals surface area (Å²) in [6.07, 6.45) is 0. The summed E-state index contributed by atoms with van der Waals surface area (Å²) in [6, 6.07) is 7.96. The average Bonchev–Trinajstić information content (AvgIpc) is 2.58. The fourth-order valence-corrected chi connectivity index (χ4v) is 3.07. The predicted octanol–water partition coefficient (Wildman–Crippen LogP) is 3.63. The molecule has 2 heterocycles. The number of aryl methyl sites for hydroxylation is 2. The molecule has 1 aliphatic rings. The van der Waals surface area contributed by atoms with Gasteiger partial charge in [0, 0.05) is 43.0 Å². The van der Waals surface area contributed by atoms with Crippen LogP contribution in [0.4, 0.5) is 17.3 Å². The lowest BCUT2D eigenvalue weighted by Crippen LogP contribution is -2.46. The predicted molar refractivity (Wildman–Crippen MR) is 101 cm³/mol. The molecule has 0 spiro atoms. The van der Waals surface area contributed by atoms with Gasteiger partial charge in [-0.25, -0.2) is 9.97 Å². The average molecular weight is 346 g/mol. The molecule has 3 rings (SSSR count). The van der Waals surface area contributed by atoms with Gasteiger partial charge in [0.2, 0.25) is 0 Å². The molecule has 0 unspecified atom stereocenters. The van der Waals surface area contributed by atoms with Crippen LogP contribution in [0.3, 0.4) is 0 Å². The van der Waals surface area contributed by atoms with Gasteiger partial charge >= 0.3 is 0 Å². The van der Waals surface area contributed by atoms with Crippen LogP contribution in [0.25, 0.3) is 0 Å². The number of halogens is 1. The van der Waals surface area contributed by atoms with Gasteiger partial charge in [-0.3, -0.25) is 0 Å². The first kappa shape index (κ1) is 17.0. The summed E-state index contributed by atoms with van der Waals surface area (Å²) in [6.45, 7) is 11.4. The molecule has 0 atom stereocenters. The third kappa shape index (κ3) is 3.97. The van der Waals surface area contributed by atoms with Crippen molar-refractivity contribution in [2.24, 2.45) is 0 Å². The second-order valence-corrected chi connectivity index (χ2v) is 6.58. The molecule has 1 aromatic carbocycles. The first-order valence-electron chi connectivity index (χ1n) is 8.41. The number of rotatable bonds is 4. The van der Waals surface area contributed by atoms with Crippen LogP contribution in [-0.4, -0.2) is 47.6 Å². The van der Waals surface area contributed by atoms with E-state index >= 15 is 0 Å². The Morgan fingerprint density at radius 3 is 2.50 bits per heavy atom. The Morgan fingerprint density at radius 1 is 1.08 bits per heavy atom. The van der Waals surface area contributed by atoms with E-state index in [1.165, 1.54) is 0 Å². The van der Waals surface area contributed by atoms with Gasteiger partial charge in [0.25, 0.3) is 0 Å². The minimum Gasteiger partial charge on any atom is -0.354 e. The van der Waals surface area contributed by atoms with Gasteiger partial charge < -0.3 is 15.1 Å². The number of piperazine rings is 1. The molecule has 1 saturated heterocycles. The van der Waals surface area contributed by atoms with Crippen LogP contribution >= 0.6 is 11.6 Å². The van der Waals surface area contributed by atoms with Crippen LogP contribution in [-0.2, 0) is 0 Å². The summed E-state index contributed by atoms with van der Waals surface area (Å²) in [5.41, 5.74) is 2.00. The largest absolute Gasteiger partial charge is 0.354 e. The van der Waals surface area contributed by atoms with Crippen molar-refractivity contribution < 1.29 is 0 Å². The summed E-state index contributed by atoms with van der Waals surface area (Å²) in [5, 5.41) is 4.09. The number of hydrogen-bond donors (Lipinski definition) is 1. The van der Waals surface area contributed by atoms with Crippen molar-refractivity contribution >= 4 is 28.9 Å². The van der Waals surface area contributed by atoms with E-state index in [9.17, 15) is 0 Å². The van der Waals surface area contributed by atoms with Gasteiger partial charge in [-0.05, 0) is 38.1 Å². The molecule has 1 fully saturated rings. The Labute approximate surface area is 148 Å². The number of nitrogens with one attached hydrogen (secondary N) is 1. The van der Waals surface area contributed by atoms with E-state index in [2.05, 4.69) is 32.0 Å². The van der Waals surface area contributed by atoms with Crippen molar-refractivity contribution in [2.75, 3.05) is 42.9 Å². The first-order valence-corrected chi connectivity index (χ1v) is 8.79. The van der Waals surface area contributed by atoms with E-state index < -0.39 is 0 Å². The summed E-state index contributed by atoms with van der Waals surface area (Å²) in [4.78, 5) is 13.9. The monoisotopic (exact) mass is 345 g/mol. The molecule has 0 radical (unpaired) electrons. The second-order valence-electron chi connectivity index (χ2n) is 6.17. The van der Waals surface area contributed by atoms with Crippen LogP contribution < -0.4 is 10.2 Å². The molecule has 1 aliphatic heterocycles. The molecule has 24 heavy (non-hydrogen) atoms. The Bertz CT molecular complexity index is 711. The van der Waals surface area contributed by atoms with Crippen LogP contribution in [0.1, 0.15) is 18.3 Å². The van der Waals surface area contributed by atoms with E-state index in [1.807, 2.05) is 38.1 Å². The molecular weight excluding hydrogens is 322 g/mol. The smallest absolute Gasteiger partial charge is 0.136 e. The fraction of sp³-hybridized carbons (Fsp3) is 0.444. The van der Waals surface area contributed by atoms with E-state index in [0.717, 1.165) is 66.5 Å². The molecule has 0 saturated carbocycles. The summed E-state index contributed by atoms with van der Waals surface area (Å²) in [5.74, 6) is 2.56. The number of anilines is 3. The van der Waals surface area contributed by atoms with Gasteiger partial charge in [0.15, 0.2) is 0 Å². The van der Waals surface area contributed by atoms with Crippen molar-refractivity contribution in [3.63, 3.8) is 0 Å². The third-order valence-corrected chi connectivity index (χ3v) is 4.82. The maximum Gasteiger partial charge on any atom is 0.136 e. The molecule has 1 aromatic heterocycles. The molecule has 1 N–H and O–H groups in total. The Kier molecular flexibility index (Phi) is 5.21. The lowest BCUT2D eigenvalue weighted by Gasteiger charge is -2.34. The maximum absolute atomic E-state index is 6.21.